The zero-order valence-electron chi connectivity index (χ0n) is 9.73. The van der Waals surface area contributed by atoms with Crippen LogP contribution in [0.1, 0.15) is 11.1 Å². The molecule has 0 aliphatic rings. The quantitative estimate of drug-likeness (QED) is 0.895. The molecule has 2 rings (SSSR count). The van der Waals surface area contributed by atoms with Crippen molar-refractivity contribution in [1.82, 2.24) is 4.98 Å². The summed E-state index contributed by atoms with van der Waals surface area (Å²) in [5.74, 6) is -0.397. The van der Waals surface area contributed by atoms with Crippen LogP contribution in [0.3, 0.4) is 0 Å². The van der Waals surface area contributed by atoms with E-state index >= 15 is 0 Å². The minimum absolute atomic E-state index is 0.324. The molecule has 2 aromatic rings. The van der Waals surface area contributed by atoms with E-state index in [0.29, 0.717) is 17.8 Å². The highest BCUT2D eigenvalue weighted by atomic mass is 19.1. The van der Waals surface area contributed by atoms with Crippen LogP contribution in [0, 0.1) is 17.1 Å². The van der Waals surface area contributed by atoms with E-state index in [-0.39, 0.29) is 0 Å². The Bertz CT molecular complexity index is 561. The molecule has 1 heterocycles. The number of nitrogens with zero attached hydrogens (tertiary/aromatic N) is 2. The smallest absolute Gasteiger partial charge is 0.124 e. The Hall–Kier alpha value is -2.41. The first kappa shape index (κ1) is 12.1. The van der Waals surface area contributed by atoms with Crippen LogP contribution in [0.25, 0.3) is 0 Å². The molecule has 1 aromatic carbocycles. The van der Waals surface area contributed by atoms with Crippen LogP contribution in [0.4, 0.5) is 10.1 Å². The number of nitriles is 1. The van der Waals surface area contributed by atoms with Gasteiger partial charge in [-0.2, -0.15) is 5.26 Å². The van der Waals surface area contributed by atoms with Gasteiger partial charge in [0.2, 0.25) is 0 Å². The van der Waals surface area contributed by atoms with Crippen LogP contribution in [0.15, 0.2) is 42.7 Å². The summed E-state index contributed by atoms with van der Waals surface area (Å²) in [7, 11) is 0. The van der Waals surface area contributed by atoms with Crippen LogP contribution < -0.4 is 5.32 Å². The molecule has 1 aromatic heterocycles. The summed E-state index contributed by atoms with van der Waals surface area (Å²) in [6.07, 6.45) is 4.31. The molecule has 90 valence electrons. The Balaban J connectivity index is 1.97. The summed E-state index contributed by atoms with van der Waals surface area (Å²) < 4.78 is 12.9. The molecule has 1 N–H and O–H groups in total. The van der Waals surface area contributed by atoms with Crippen molar-refractivity contribution >= 4 is 5.69 Å². The number of anilines is 1. The number of benzene rings is 1. The van der Waals surface area contributed by atoms with Crippen LogP contribution in [-0.2, 0) is 6.42 Å². The lowest BCUT2D eigenvalue weighted by atomic mass is 10.1. The Kier molecular flexibility index (Phi) is 3.87. The molecule has 0 saturated heterocycles. The molecule has 0 radical (unpaired) electrons. The average Bonchev–Trinajstić information content (AvgIpc) is 2.41. The molecule has 0 saturated carbocycles. The van der Waals surface area contributed by atoms with Crippen molar-refractivity contribution in [1.29, 1.82) is 5.26 Å². The van der Waals surface area contributed by atoms with Crippen molar-refractivity contribution in [2.75, 3.05) is 11.9 Å². The summed E-state index contributed by atoms with van der Waals surface area (Å²) in [5.41, 5.74) is 2.15. The fourth-order valence-electron chi connectivity index (χ4n) is 1.65. The molecule has 3 nitrogen and oxygen atoms in total. The SMILES string of the molecule is N#Cc1cc(F)ccc1NCCc1ccncc1. The van der Waals surface area contributed by atoms with E-state index in [0.717, 1.165) is 12.0 Å². The van der Waals surface area contributed by atoms with Gasteiger partial charge in [0.25, 0.3) is 0 Å². The maximum absolute atomic E-state index is 12.9. The Morgan fingerprint density at radius 3 is 2.72 bits per heavy atom. The minimum Gasteiger partial charge on any atom is -0.384 e. The zero-order chi connectivity index (χ0) is 12.8. The van der Waals surface area contributed by atoms with Gasteiger partial charge in [-0.05, 0) is 42.3 Å². The zero-order valence-corrected chi connectivity index (χ0v) is 9.73. The van der Waals surface area contributed by atoms with E-state index in [1.165, 1.54) is 12.1 Å². The molecule has 0 aliphatic heterocycles. The van der Waals surface area contributed by atoms with Gasteiger partial charge in [0.15, 0.2) is 0 Å². The predicted octanol–water partition coefficient (Wildman–Crippen LogP) is 2.75. The van der Waals surface area contributed by atoms with Crippen molar-refractivity contribution in [3.05, 3.63) is 59.7 Å². The number of aromatic nitrogens is 1. The van der Waals surface area contributed by atoms with Crippen molar-refractivity contribution < 1.29 is 4.39 Å². The summed E-state index contributed by atoms with van der Waals surface area (Å²) in [4.78, 5) is 3.94. The highest BCUT2D eigenvalue weighted by Gasteiger charge is 2.02. The molecule has 0 unspecified atom stereocenters. The van der Waals surface area contributed by atoms with Gasteiger partial charge in [0.05, 0.1) is 11.3 Å². The summed E-state index contributed by atoms with van der Waals surface area (Å²) in [5, 5.41) is 12.0. The molecular formula is C14H12FN3. The first-order valence-corrected chi connectivity index (χ1v) is 5.62. The van der Waals surface area contributed by atoms with Crippen LogP contribution in [-0.4, -0.2) is 11.5 Å². The average molecular weight is 241 g/mol. The van der Waals surface area contributed by atoms with E-state index in [1.807, 2.05) is 18.2 Å². The maximum Gasteiger partial charge on any atom is 0.124 e. The lowest BCUT2D eigenvalue weighted by Gasteiger charge is -2.08. The molecule has 4 heteroatoms. The lowest BCUT2D eigenvalue weighted by molar-refractivity contribution is 0.627. The topological polar surface area (TPSA) is 48.7 Å². The third kappa shape index (κ3) is 3.05. The van der Waals surface area contributed by atoms with Crippen molar-refractivity contribution in [3.8, 4) is 6.07 Å². The second-order valence-corrected chi connectivity index (χ2v) is 3.83. The van der Waals surface area contributed by atoms with Gasteiger partial charge in [0.1, 0.15) is 11.9 Å². The standard InChI is InChI=1S/C14H12FN3/c15-13-1-2-14(12(9-13)10-16)18-8-5-11-3-6-17-7-4-11/h1-4,6-7,9,18H,5,8H2. The van der Waals surface area contributed by atoms with Crippen LogP contribution in [0.2, 0.25) is 0 Å². The Morgan fingerprint density at radius 2 is 2.00 bits per heavy atom. The number of halogens is 1. The van der Waals surface area contributed by atoms with Crippen LogP contribution >= 0.6 is 0 Å². The van der Waals surface area contributed by atoms with Gasteiger partial charge in [-0.1, -0.05) is 0 Å². The van der Waals surface area contributed by atoms with E-state index < -0.39 is 5.82 Å². The number of hydrogen-bond acceptors (Lipinski definition) is 3. The highest BCUT2D eigenvalue weighted by Crippen LogP contribution is 2.15. The maximum atomic E-state index is 12.9. The summed E-state index contributed by atoms with van der Waals surface area (Å²) in [6.45, 7) is 0.685. The largest absolute Gasteiger partial charge is 0.384 e. The van der Waals surface area contributed by atoms with Gasteiger partial charge in [-0.3, -0.25) is 4.98 Å². The molecule has 0 amide bonds. The van der Waals surface area contributed by atoms with Gasteiger partial charge in [-0.15, -0.1) is 0 Å². The van der Waals surface area contributed by atoms with Gasteiger partial charge >= 0.3 is 0 Å². The first-order chi connectivity index (χ1) is 8.79. The first-order valence-electron chi connectivity index (χ1n) is 5.62. The molecule has 0 spiro atoms. The fraction of sp³-hybridized carbons (Fsp3) is 0.143. The molecule has 0 aliphatic carbocycles. The summed E-state index contributed by atoms with van der Waals surface area (Å²) >= 11 is 0. The van der Waals surface area contributed by atoms with Gasteiger partial charge in [0, 0.05) is 18.9 Å². The monoisotopic (exact) mass is 241 g/mol. The van der Waals surface area contributed by atoms with E-state index in [9.17, 15) is 4.39 Å². The molecule has 0 bridgehead atoms. The number of rotatable bonds is 4. The normalized spacial score (nSPS) is 9.78. The Labute approximate surface area is 105 Å². The third-order valence-electron chi connectivity index (χ3n) is 2.58. The molecule has 0 atom stereocenters. The van der Waals surface area contributed by atoms with E-state index in [1.54, 1.807) is 18.5 Å². The molecule has 18 heavy (non-hydrogen) atoms. The van der Waals surface area contributed by atoms with Crippen molar-refractivity contribution in [3.63, 3.8) is 0 Å². The Morgan fingerprint density at radius 1 is 1.22 bits per heavy atom. The van der Waals surface area contributed by atoms with E-state index in [4.69, 9.17) is 5.26 Å². The van der Waals surface area contributed by atoms with Crippen LogP contribution in [0.5, 0.6) is 0 Å². The second kappa shape index (κ2) is 5.78. The van der Waals surface area contributed by atoms with Gasteiger partial charge in [-0.25, -0.2) is 4.39 Å². The van der Waals surface area contributed by atoms with Gasteiger partial charge < -0.3 is 5.32 Å². The highest BCUT2D eigenvalue weighted by molar-refractivity contribution is 5.57. The molecular weight excluding hydrogens is 229 g/mol. The van der Waals surface area contributed by atoms with Crippen molar-refractivity contribution in [2.24, 2.45) is 0 Å². The minimum atomic E-state index is -0.397. The molecule has 0 fully saturated rings. The third-order valence-corrected chi connectivity index (χ3v) is 2.58. The van der Waals surface area contributed by atoms with Crippen molar-refractivity contribution in [2.45, 2.75) is 6.42 Å². The lowest BCUT2D eigenvalue weighted by Crippen LogP contribution is -2.06. The van der Waals surface area contributed by atoms with E-state index in [2.05, 4.69) is 10.3 Å². The fourth-order valence-corrected chi connectivity index (χ4v) is 1.65. The number of nitrogens with one attached hydrogen (secondary N) is 1. The second-order valence-electron chi connectivity index (χ2n) is 3.83. The predicted molar refractivity (Wildman–Crippen MR) is 67.5 cm³/mol. The number of hydrogen-bond donors (Lipinski definition) is 1. The summed E-state index contributed by atoms with van der Waals surface area (Å²) in [6, 6.07) is 10.0. The number of pyridine rings is 1.